The maximum absolute atomic E-state index is 13.1. The minimum Gasteiger partial charge on any atom is -0.319 e. The zero-order valence-electron chi connectivity index (χ0n) is 11.4. The Morgan fingerprint density at radius 1 is 1.45 bits per heavy atom. The largest absolute Gasteiger partial charge is 0.319 e. The van der Waals surface area contributed by atoms with Crippen molar-refractivity contribution >= 4 is 22.4 Å². The molecule has 1 saturated heterocycles. The minimum atomic E-state index is -3.34. The van der Waals surface area contributed by atoms with Gasteiger partial charge in [-0.25, -0.2) is 17.1 Å². The summed E-state index contributed by atoms with van der Waals surface area (Å²) < 4.78 is 39.1. The average molecular weight is 323 g/mol. The van der Waals surface area contributed by atoms with E-state index in [-0.39, 0.29) is 18.2 Å². The lowest BCUT2D eigenvalue weighted by Gasteiger charge is -2.16. The third-order valence-electron chi connectivity index (χ3n) is 3.37. The van der Waals surface area contributed by atoms with E-state index in [4.69, 9.17) is 0 Å². The van der Waals surface area contributed by atoms with Gasteiger partial charge in [-0.1, -0.05) is 12.1 Å². The molecule has 0 saturated carbocycles. The van der Waals surface area contributed by atoms with Gasteiger partial charge in [0, 0.05) is 13.1 Å². The summed E-state index contributed by atoms with van der Waals surface area (Å²) in [6.07, 6.45) is 0.878. The SMILES string of the molecule is CNCC1CCN(S(=O)(=O)Cc2cccc(F)c2)C1.Cl. The van der Waals surface area contributed by atoms with E-state index in [0.717, 1.165) is 13.0 Å². The van der Waals surface area contributed by atoms with Crippen molar-refractivity contribution in [2.75, 3.05) is 26.7 Å². The fraction of sp³-hybridized carbons (Fsp3) is 0.538. The molecule has 0 amide bonds. The van der Waals surface area contributed by atoms with Crippen molar-refractivity contribution in [2.24, 2.45) is 5.92 Å². The van der Waals surface area contributed by atoms with Gasteiger partial charge in [0.25, 0.3) is 0 Å². The van der Waals surface area contributed by atoms with Crippen LogP contribution in [0.1, 0.15) is 12.0 Å². The molecule has 1 fully saturated rings. The number of hydrogen-bond donors (Lipinski definition) is 1. The first-order valence-electron chi connectivity index (χ1n) is 6.38. The molecule has 0 radical (unpaired) electrons. The Morgan fingerprint density at radius 2 is 2.20 bits per heavy atom. The molecule has 1 atom stereocenters. The molecule has 1 unspecified atom stereocenters. The highest BCUT2D eigenvalue weighted by molar-refractivity contribution is 7.88. The topological polar surface area (TPSA) is 49.4 Å². The summed E-state index contributed by atoms with van der Waals surface area (Å²) in [5.74, 6) is -0.161. The summed E-state index contributed by atoms with van der Waals surface area (Å²) in [6.45, 7) is 1.94. The van der Waals surface area contributed by atoms with Crippen LogP contribution in [0.25, 0.3) is 0 Å². The van der Waals surface area contributed by atoms with Crippen molar-refractivity contribution in [1.82, 2.24) is 9.62 Å². The molecule has 20 heavy (non-hydrogen) atoms. The van der Waals surface area contributed by atoms with Gasteiger partial charge >= 0.3 is 0 Å². The first kappa shape index (κ1) is 17.4. The van der Waals surface area contributed by atoms with Gasteiger partial charge in [0.2, 0.25) is 10.0 Å². The van der Waals surface area contributed by atoms with Crippen LogP contribution in [0, 0.1) is 11.7 Å². The molecule has 4 nitrogen and oxygen atoms in total. The molecule has 0 aliphatic carbocycles. The first-order valence-corrected chi connectivity index (χ1v) is 7.99. The molecule has 0 aromatic heterocycles. The van der Waals surface area contributed by atoms with Crippen LogP contribution in [0.3, 0.4) is 0 Å². The smallest absolute Gasteiger partial charge is 0.218 e. The van der Waals surface area contributed by atoms with Gasteiger partial charge in [0.1, 0.15) is 5.82 Å². The minimum absolute atomic E-state index is 0. The van der Waals surface area contributed by atoms with Gasteiger partial charge < -0.3 is 5.32 Å². The third-order valence-corrected chi connectivity index (χ3v) is 5.19. The quantitative estimate of drug-likeness (QED) is 0.896. The summed E-state index contributed by atoms with van der Waals surface area (Å²) in [7, 11) is -1.48. The van der Waals surface area contributed by atoms with Gasteiger partial charge in [-0.05, 0) is 43.6 Å². The van der Waals surface area contributed by atoms with E-state index >= 15 is 0 Å². The normalized spacial score (nSPS) is 19.8. The predicted octanol–water partition coefficient (Wildman–Crippen LogP) is 1.62. The Morgan fingerprint density at radius 3 is 2.85 bits per heavy atom. The fourth-order valence-electron chi connectivity index (χ4n) is 2.43. The molecule has 2 rings (SSSR count). The molecule has 114 valence electrons. The number of nitrogens with zero attached hydrogens (tertiary/aromatic N) is 1. The average Bonchev–Trinajstić information content (AvgIpc) is 2.78. The van der Waals surface area contributed by atoms with Crippen molar-refractivity contribution in [1.29, 1.82) is 0 Å². The third kappa shape index (κ3) is 4.41. The van der Waals surface area contributed by atoms with Crippen LogP contribution in [0.15, 0.2) is 24.3 Å². The van der Waals surface area contributed by atoms with E-state index in [0.29, 0.717) is 24.6 Å². The van der Waals surface area contributed by atoms with E-state index in [2.05, 4.69) is 5.32 Å². The number of rotatable bonds is 5. The molecule has 0 bridgehead atoms. The Hall–Kier alpha value is -0.690. The second-order valence-electron chi connectivity index (χ2n) is 4.96. The van der Waals surface area contributed by atoms with Gasteiger partial charge in [0.15, 0.2) is 0 Å². The first-order chi connectivity index (χ1) is 9.01. The van der Waals surface area contributed by atoms with Crippen molar-refractivity contribution in [2.45, 2.75) is 12.2 Å². The number of nitrogens with one attached hydrogen (secondary N) is 1. The van der Waals surface area contributed by atoms with Crippen molar-refractivity contribution < 1.29 is 12.8 Å². The van der Waals surface area contributed by atoms with Crippen molar-refractivity contribution in [3.05, 3.63) is 35.6 Å². The fourth-order valence-corrected chi connectivity index (χ4v) is 4.04. The zero-order chi connectivity index (χ0) is 13.9. The highest BCUT2D eigenvalue weighted by atomic mass is 35.5. The van der Waals surface area contributed by atoms with E-state index < -0.39 is 15.8 Å². The lowest BCUT2D eigenvalue weighted by molar-refractivity contribution is 0.450. The van der Waals surface area contributed by atoms with Crippen molar-refractivity contribution in [3.63, 3.8) is 0 Å². The highest BCUT2D eigenvalue weighted by Crippen LogP contribution is 2.21. The van der Waals surface area contributed by atoms with Crippen LogP contribution in [-0.2, 0) is 15.8 Å². The van der Waals surface area contributed by atoms with Crippen LogP contribution in [0.2, 0.25) is 0 Å². The summed E-state index contributed by atoms with van der Waals surface area (Å²) in [5.41, 5.74) is 0.497. The molecular formula is C13H20ClFN2O2S. The second kappa shape index (κ2) is 7.36. The summed E-state index contributed by atoms with van der Waals surface area (Å²) in [4.78, 5) is 0. The Bertz CT molecular complexity index is 539. The van der Waals surface area contributed by atoms with Crippen LogP contribution in [0.4, 0.5) is 4.39 Å². The van der Waals surface area contributed by atoms with Crippen LogP contribution >= 0.6 is 12.4 Å². The van der Waals surface area contributed by atoms with Gasteiger partial charge in [0.05, 0.1) is 5.75 Å². The Labute approximate surface area is 125 Å². The van der Waals surface area contributed by atoms with Gasteiger partial charge in [-0.2, -0.15) is 0 Å². The summed E-state index contributed by atoms with van der Waals surface area (Å²) >= 11 is 0. The summed E-state index contributed by atoms with van der Waals surface area (Å²) in [5, 5.41) is 3.07. The molecule has 1 aromatic carbocycles. The number of hydrogen-bond acceptors (Lipinski definition) is 3. The monoisotopic (exact) mass is 322 g/mol. The molecule has 1 aromatic rings. The van der Waals surface area contributed by atoms with Crippen LogP contribution in [0.5, 0.6) is 0 Å². The zero-order valence-corrected chi connectivity index (χ0v) is 13.0. The predicted molar refractivity (Wildman–Crippen MR) is 79.9 cm³/mol. The molecule has 1 aliphatic heterocycles. The van der Waals surface area contributed by atoms with E-state index in [9.17, 15) is 12.8 Å². The van der Waals surface area contributed by atoms with Gasteiger partial charge in [-0.15, -0.1) is 12.4 Å². The van der Waals surface area contributed by atoms with Gasteiger partial charge in [-0.3, -0.25) is 0 Å². The Kier molecular flexibility index (Phi) is 6.39. The van der Waals surface area contributed by atoms with E-state index in [1.807, 2.05) is 7.05 Å². The molecule has 1 heterocycles. The molecule has 1 N–H and O–H groups in total. The van der Waals surface area contributed by atoms with Crippen LogP contribution in [-0.4, -0.2) is 39.4 Å². The maximum Gasteiger partial charge on any atom is 0.218 e. The molecule has 7 heteroatoms. The molecule has 1 aliphatic rings. The molecular weight excluding hydrogens is 303 g/mol. The van der Waals surface area contributed by atoms with E-state index in [1.165, 1.54) is 22.5 Å². The standard InChI is InChI=1S/C13H19FN2O2S.ClH/c1-15-8-12-5-6-16(9-12)19(17,18)10-11-3-2-4-13(14)7-11;/h2-4,7,12,15H,5-6,8-10H2,1H3;1H. The number of benzene rings is 1. The van der Waals surface area contributed by atoms with Crippen LogP contribution < -0.4 is 5.32 Å². The number of sulfonamides is 1. The highest BCUT2D eigenvalue weighted by Gasteiger charge is 2.30. The second-order valence-corrected chi connectivity index (χ2v) is 6.93. The summed E-state index contributed by atoms with van der Waals surface area (Å²) in [6, 6.07) is 5.77. The van der Waals surface area contributed by atoms with E-state index in [1.54, 1.807) is 6.07 Å². The maximum atomic E-state index is 13.1. The molecule has 0 spiro atoms. The Balaban J connectivity index is 0.00000200. The van der Waals surface area contributed by atoms with Crippen molar-refractivity contribution in [3.8, 4) is 0 Å². The lowest BCUT2D eigenvalue weighted by atomic mass is 10.1. The lowest BCUT2D eigenvalue weighted by Crippen LogP contribution is -2.31. The number of halogens is 2.